The molecular weight excluding hydrogens is 334 g/mol. The van der Waals surface area contributed by atoms with E-state index >= 15 is 0 Å². The van der Waals surface area contributed by atoms with Crippen LogP contribution >= 0.6 is 0 Å². The fourth-order valence-electron chi connectivity index (χ4n) is 3.65. The second-order valence-corrected chi connectivity index (χ2v) is 6.98. The van der Waals surface area contributed by atoms with E-state index in [1.807, 2.05) is 0 Å². The highest BCUT2D eigenvalue weighted by molar-refractivity contribution is 6.01. The van der Waals surface area contributed by atoms with Gasteiger partial charge in [0, 0.05) is 11.6 Å². The molecule has 0 saturated heterocycles. The van der Waals surface area contributed by atoms with Crippen LogP contribution in [0.2, 0.25) is 0 Å². The molecule has 8 heteroatoms. The molecule has 1 unspecified atom stereocenters. The van der Waals surface area contributed by atoms with Crippen LogP contribution in [0.4, 0.5) is 21.9 Å². The fraction of sp³-hybridized carbons (Fsp3) is 0.500. The lowest BCUT2D eigenvalue weighted by molar-refractivity contribution is -0.121. The first-order valence-electron chi connectivity index (χ1n) is 8.96. The zero-order valence-corrected chi connectivity index (χ0v) is 14.9. The normalized spacial score (nSPS) is 18.3. The van der Waals surface area contributed by atoms with Crippen LogP contribution in [0.15, 0.2) is 18.2 Å². The van der Waals surface area contributed by atoms with E-state index in [2.05, 4.69) is 5.32 Å². The Hall–Kier alpha value is -2.77. The van der Waals surface area contributed by atoms with Gasteiger partial charge in [0.2, 0.25) is 11.8 Å². The topological polar surface area (TPSA) is 122 Å². The highest BCUT2D eigenvalue weighted by Gasteiger charge is 2.34. The Morgan fingerprint density at radius 3 is 2.42 bits per heavy atom. The van der Waals surface area contributed by atoms with Crippen LogP contribution in [0.25, 0.3) is 0 Å². The molecule has 1 fully saturated rings. The predicted molar refractivity (Wildman–Crippen MR) is 99.7 cm³/mol. The Kier molecular flexibility index (Phi) is 5.01. The molecule has 5 N–H and O–H groups in total. The number of rotatable bonds is 4. The molecule has 2 aliphatic rings. The first-order valence-corrected chi connectivity index (χ1v) is 8.96. The van der Waals surface area contributed by atoms with E-state index in [4.69, 9.17) is 11.5 Å². The molecule has 0 spiro atoms. The van der Waals surface area contributed by atoms with Gasteiger partial charge in [0.05, 0.1) is 11.4 Å². The number of amides is 4. The summed E-state index contributed by atoms with van der Waals surface area (Å²) < 4.78 is 0. The van der Waals surface area contributed by atoms with Crippen molar-refractivity contribution in [2.75, 3.05) is 21.8 Å². The van der Waals surface area contributed by atoms with E-state index in [0.717, 1.165) is 25.7 Å². The maximum atomic E-state index is 12.5. The minimum atomic E-state index is -0.609. The van der Waals surface area contributed by atoms with Crippen molar-refractivity contribution >= 4 is 34.9 Å². The van der Waals surface area contributed by atoms with E-state index in [9.17, 15) is 14.4 Å². The Balaban J connectivity index is 1.84. The van der Waals surface area contributed by atoms with Crippen LogP contribution in [0.3, 0.4) is 0 Å². The molecule has 8 nitrogen and oxygen atoms in total. The maximum Gasteiger partial charge on any atom is 0.320 e. The molecule has 3 rings (SSSR count). The summed E-state index contributed by atoms with van der Waals surface area (Å²) in [4.78, 5) is 38.9. The standard InChI is InChI=1S/C18H25N5O3/c1-11(16(19)24)22-10-23(18(20)26)14-8-7-13(9-15(14)22)21-17(25)12-5-3-2-4-6-12/h7-9,11-12H,2-6,10H2,1H3,(H2,19,24)(H2,20,26)(H,21,25). The van der Waals surface area contributed by atoms with E-state index in [1.54, 1.807) is 30.0 Å². The first kappa shape index (κ1) is 18.0. The van der Waals surface area contributed by atoms with E-state index in [-0.39, 0.29) is 18.5 Å². The van der Waals surface area contributed by atoms with Crippen LogP contribution in [-0.2, 0) is 9.59 Å². The largest absolute Gasteiger partial charge is 0.368 e. The zero-order chi connectivity index (χ0) is 18.8. The Morgan fingerprint density at radius 2 is 1.81 bits per heavy atom. The lowest BCUT2D eigenvalue weighted by Gasteiger charge is -2.25. The number of fused-ring (bicyclic) bond motifs is 1. The van der Waals surface area contributed by atoms with Gasteiger partial charge in [-0.1, -0.05) is 19.3 Å². The molecule has 1 saturated carbocycles. The number of carbonyl (C=O) groups excluding carboxylic acids is 3. The van der Waals surface area contributed by atoms with E-state index < -0.39 is 18.0 Å². The van der Waals surface area contributed by atoms with Crippen LogP contribution in [0.1, 0.15) is 39.0 Å². The second kappa shape index (κ2) is 7.23. The van der Waals surface area contributed by atoms with Gasteiger partial charge >= 0.3 is 6.03 Å². The van der Waals surface area contributed by atoms with Crippen LogP contribution in [-0.4, -0.2) is 30.6 Å². The van der Waals surface area contributed by atoms with Crippen LogP contribution < -0.4 is 26.6 Å². The van der Waals surface area contributed by atoms with Crippen LogP contribution in [0, 0.1) is 5.92 Å². The highest BCUT2D eigenvalue weighted by Crippen LogP contribution is 2.39. The fourth-order valence-corrected chi connectivity index (χ4v) is 3.65. The summed E-state index contributed by atoms with van der Waals surface area (Å²) in [5, 5.41) is 2.96. The minimum absolute atomic E-state index is 0.0175. The van der Waals surface area contributed by atoms with Crippen molar-refractivity contribution in [3.8, 4) is 0 Å². The lowest BCUT2D eigenvalue weighted by Crippen LogP contribution is -2.46. The van der Waals surface area contributed by atoms with Crippen molar-refractivity contribution in [2.45, 2.75) is 45.1 Å². The SMILES string of the molecule is CC(C(N)=O)N1CN(C(N)=O)c2ccc(NC(=O)C3CCCCC3)cc21. The summed E-state index contributed by atoms with van der Waals surface area (Å²) >= 11 is 0. The van der Waals surface area contributed by atoms with Gasteiger partial charge in [0.1, 0.15) is 12.7 Å². The molecule has 1 aliphatic heterocycles. The Bertz CT molecular complexity index is 730. The molecule has 1 aliphatic carbocycles. The van der Waals surface area contributed by atoms with Crippen molar-refractivity contribution in [2.24, 2.45) is 17.4 Å². The molecule has 1 aromatic carbocycles. The Labute approximate surface area is 152 Å². The smallest absolute Gasteiger partial charge is 0.320 e. The zero-order valence-electron chi connectivity index (χ0n) is 14.9. The van der Waals surface area contributed by atoms with Gasteiger partial charge in [-0.15, -0.1) is 0 Å². The minimum Gasteiger partial charge on any atom is -0.368 e. The van der Waals surface area contributed by atoms with E-state index in [0.29, 0.717) is 17.1 Å². The first-order chi connectivity index (χ1) is 12.4. The second-order valence-electron chi connectivity index (χ2n) is 6.98. The highest BCUT2D eigenvalue weighted by atomic mass is 16.2. The third-order valence-corrected chi connectivity index (χ3v) is 5.26. The molecule has 4 amide bonds. The molecular formula is C18H25N5O3. The third kappa shape index (κ3) is 3.44. The Morgan fingerprint density at radius 1 is 1.12 bits per heavy atom. The summed E-state index contributed by atoms with van der Waals surface area (Å²) in [7, 11) is 0. The summed E-state index contributed by atoms with van der Waals surface area (Å²) in [6.45, 7) is 1.82. The van der Waals surface area contributed by atoms with E-state index in [1.165, 1.54) is 11.3 Å². The molecule has 0 bridgehead atoms. The van der Waals surface area contributed by atoms with Gasteiger partial charge in [-0.2, -0.15) is 0 Å². The molecule has 1 aromatic rings. The number of carbonyl (C=O) groups is 3. The number of urea groups is 1. The number of benzene rings is 1. The van der Waals surface area contributed by atoms with Gasteiger partial charge < -0.3 is 21.7 Å². The molecule has 26 heavy (non-hydrogen) atoms. The van der Waals surface area contributed by atoms with Gasteiger partial charge in [-0.25, -0.2) is 4.79 Å². The van der Waals surface area contributed by atoms with Gasteiger partial charge in [-0.3, -0.25) is 14.5 Å². The van der Waals surface area contributed by atoms with Gasteiger partial charge in [0.25, 0.3) is 0 Å². The number of hydrogen-bond donors (Lipinski definition) is 3. The monoisotopic (exact) mass is 359 g/mol. The third-order valence-electron chi connectivity index (χ3n) is 5.26. The quantitative estimate of drug-likeness (QED) is 0.758. The average Bonchev–Trinajstić information content (AvgIpc) is 3.00. The number of hydrogen-bond acceptors (Lipinski definition) is 4. The molecule has 1 atom stereocenters. The molecule has 1 heterocycles. The number of anilines is 3. The summed E-state index contributed by atoms with van der Waals surface area (Å²) in [5.41, 5.74) is 12.7. The van der Waals surface area contributed by atoms with Crippen molar-refractivity contribution < 1.29 is 14.4 Å². The lowest BCUT2D eigenvalue weighted by atomic mass is 9.88. The maximum absolute atomic E-state index is 12.5. The number of primary amides is 2. The van der Waals surface area contributed by atoms with Crippen molar-refractivity contribution in [1.82, 2.24) is 0 Å². The van der Waals surface area contributed by atoms with Crippen LogP contribution in [0.5, 0.6) is 0 Å². The number of nitrogens with one attached hydrogen (secondary N) is 1. The summed E-state index contributed by atoms with van der Waals surface area (Å²) in [6.07, 6.45) is 5.18. The number of nitrogens with two attached hydrogens (primary N) is 2. The van der Waals surface area contributed by atoms with Crippen molar-refractivity contribution in [1.29, 1.82) is 0 Å². The van der Waals surface area contributed by atoms with Crippen molar-refractivity contribution in [3.63, 3.8) is 0 Å². The van der Waals surface area contributed by atoms with Crippen molar-refractivity contribution in [3.05, 3.63) is 18.2 Å². The van der Waals surface area contributed by atoms with Gasteiger partial charge in [0.15, 0.2) is 0 Å². The predicted octanol–water partition coefficient (Wildman–Crippen LogP) is 1.74. The summed E-state index contributed by atoms with van der Waals surface area (Å²) in [5.74, 6) is -0.442. The molecule has 0 aromatic heterocycles. The summed E-state index contributed by atoms with van der Waals surface area (Å²) in [6, 6.07) is 4.02. The van der Waals surface area contributed by atoms with Gasteiger partial charge in [-0.05, 0) is 38.0 Å². The molecule has 0 radical (unpaired) electrons. The number of nitrogens with zero attached hydrogens (tertiary/aromatic N) is 2. The average molecular weight is 359 g/mol. The molecule has 140 valence electrons.